The first kappa shape index (κ1) is 13.8. The van der Waals surface area contributed by atoms with E-state index in [1.165, 1.54) is 17.7 Å². The molecule has 1 aromatic heterocycles. The largest absolute Gasteiger partial charge is 0.326 e. The van der Waals surface area contributed by atoms with Crippen molar-refractivity contribution in [3.63, 3.8) is 0 Å². The number of nitrogens with zero attached hydrogens (tertiary/aromatic N) is 3. The molecule has 0 spiro atoms. The van der Waals surface area contributed by atoms with Crippen molar-refractivity contribution in [1.82, 2.24) is 9.97 Å². The standard InChI is InChI=1S/C16H21N5/c1-2-13-15(20-17)18-11-19-16(13)21-10-6-5-8-12-7-3-4-9-14(12)21/h3-4,7,9,11H,2,5-6,8,10,17H2,1H3,(H,18,19,20). The van der Waals surface area contributed by atoms with Crippen LogP contribution in [0.3, 0.4) is 0 Å². The number of nitrogen functional groups attached to an aromatic ring is 1. The van der Waals surface area contributed by atoms with Crippen molar-refractivity contribution in [2.75, 3.05) is 16.9 Å². The predicted octanol–water partition coefficient (Wildman–Crippen LogP) is 2.80. The zero-order chi connectivity index (χ0) is 14.7. The average Bonchev–Trinajstić information content (AvgIpc) is 2.76. The summed E-state index contributed by atoms with van der Waals surface area (Å²) < 4.78 is 0. The molecular weight excluding hydrogens is 262 g/mol. The minimum Gasteiger partial charge on any atom is -0.326 e. The zero-order valence-electron chi connectivity index (χ0n) is 12.3. The maximum atomic E-state index is 5.59. The Bertz CT molecular complexity index is 626. The molecule has 5 nitrogen and oxygen atoms in total. The molecule has 0 saturated heterocycles. The Hall–Kier alpha value is -2.14. The quantitative estimate of drug-likeness (QED) is 0.669. The van der Waals surface area contributed by atoms with Gasteiger partial charge in [-0.25, -0.2) is 15.8 Å². The van der Waals surface area contributed by atoms with Crippen LogP contribution in [0.25, 0.3) is 0 Å². The summed E-state index contributed by atoms with van der Waals surface area (Å²) in [4.78, 5) is 11.1. The molecule has 0 amide bonds. The molecule has 0 unspecified atom stereocenters. The first-order valence-electron chi connectivity index (χ1n) is 7.51. The number of nitrogens with one attached hydrogen (secondary N) is 1. The fraction of sp³-hybridized carbons (Fsp3) is 0.375. The highest BCUT2D eigenvalue weighted by Gasteiger charge is 2.21. The van der Waals surface area contributed by atoms with Gasteiger partial charge >= 0.3 is 0 Å². The summed E-state index contributed by atoms with van der Waals surface area (Å²) >= 11 is 0. The lowest BCUT2D eigenvalue weighted by atomic mass is 10.1. The molecule has 0 bridgehead atoms. The van der Waals surface area contributed by atoms with Crippen LogP contribution in [0.1, 0.15) is 30.9 Å². The number of fused-ring (bicyclic) bond motifs is 1. The molecule has 1 aliphatic rings. The molecule has 3 N–H and O–H groups in total. The Morgan fingerprint density at radius 1 is 1.24 bits per heavy atom. The summed E-state index contributed by atoms with van der Waals surface area (Å²) in [6, 6.07) is 8.59. The number of benzene rings is 1. The summed E-state index contributed by atoms with van der Waals surface area (Å²) in [5, 5.41) is 0. The lowest BCUT2D eigenvalue weighted by molar-refractivity contribution is 0.755. The summed E-state index contributed by atoms with van der Waals surface area (Å²) in [5.41, 5.74) is 6.40. The van der Waals surface area contributed by atoms with Crippen LogP contribution < -0.4 is 16.2 Å². The van der Waals surface area contributed by atoms with Crippen molar-refractivity contribution in [1.29, 1.82) is 0 Å². The van der Waals surface area contributed by atoms with Crippen molar-refractivity contribution in [2.45, 2.75) is 32.6 Å². The normalized spacial score (nSPS) is 14.5. The number of aromatic nitrogens is 2. The van der Waals surface area contributed by atoms with E-state index in [1.807, 2.05) is 0 Å². The number of aryl methyl sites for hydroxylation is 1. The van der Waals surface area contributed by atoms with Crippen molar-refractivity contribution in [3.05, 3.63) is 41.7 Å². The third-order valence-corrected chi connectivity index (χ3v) is 4.03. The van der Waals surface area contributed by atoms with Gasteiger partial charge in [0.25, 0.3) is 0 Å². The van der Waals surface area contributed by atoms with Gasteiger partial charge < -0.3 is 10.3 Å². The number of hydrazine groups is 1. The first-order chi connectivity index (χ1) is 10.3. The molecule has 0 radical (unpaired) electrons. The van der Waals surface area contributed by atoms with Crippen molar-refractivity contribution >= 4 is 17.3 Å². The van der Waals surface area contributed by atoms with Gasteiger partial charge in [0.2, 0.25) is 0 Å². The topological polar surface area (TPSA) is 67.1 Å². The van der Waals surface area contributed by atoms with Crippen LogP contribution in [-0.4, -0.2) is 16.5 Å². The number of hydrogen-bond donors (Lipinski definition) is 2. The molecule has 1 aliphatic heterocycles. The highest BCUT2D eigenvalue weighted by atomic mass is 15.3. The summed E-state index contributed by atoms with van der Waals surface area (Å²) in [7, 11) is 0. The van der Waals surface area contributed by atoms with Crippen LogP contribution in [-0.2, 0) is 12.8 Å². The molecule has 2 heterocycles. The maximum Gasteiger partial charge on any atom is 0.148 e. The van der Waals surface area contributed by atoms with Crippen molar-refractivity contribution in [3.8, 4) is 0 Å². The summed E-state index contributed by atoms with van der Waals surface area (Å²) in [5.74, 6) is 7.27. The van der Waals surface area contributed by atoms with Gasteiger partial charge in [-0.15, -0.1) is 0 Å². The fourth-order valence-electron chi connectivity index (χ4n) is 3.00. The van der Waals surface area contributed by atoms with Gasteiger partial charge in [-0.2, -0.15) is 0 Å². The number of anilines is 3. The van der Waals surface area contributed by atoms with Gasteiger partial charge in [0.1, 0.15) is 18.0 Å². The van der Waals surface area contributed by atoms with E-state index in [2.05, 4.69) is 51.5 Å². The molecule has 21 heavy (non-hydrogen) atoms. The molecular formula is C16H21N5. The van der Waals surface area contributed by atoms with Crippen LogP contribution >= 0.6 is 0 Å². The van der Waals surface area contributed by atoms with Crippen molar-refractivity contribution < 1.29 is 0 Å². The summed E-state index contributed by atoms with van der Waals surface area (Å²) in [6.45, 7) is 3.08. The SMILES string of the molecule is CCc1c(NN)ncnc1N1CCCCc2ccccc21. The zero-order valence-corrected chi connectivity index (χ0v) is 12.3. The first-order valence-corrected chi connectivity index (χ1v) is 7.51. The number of nitrogens with two attached hydrogens (primary N) is 1. The Kier molecular flexibility index (Phi) is 4.01. The molecule has 3 rings (SSSR count). The molecule has 110 valence electrons. The number of para-hydroxylation sites is 1. The van der Waals surface area contributed by atoms with E-state index in [0.717, 1.165) is 37.2 Å². The average molecular weight is 283 g/mol. The number of rotatable bonds is 3. The molecule has 0 aliphatic carbocycles. The molecule has 0 fully saturated rings. The second kappa shape index (κ2) is 6.10. The van der Waals surface area contributed by atoms with Gasteiger partial charge in [0, 0.05) is 17.8 Å². The van der Waals surface area contributed by atoms with Gasteiger partial charge in [0.15, 0.2) is 0 Å². The molecule has 5 heteroatoms. The predicted molar refractivity (Wildman–Crippen MR) is 85.6 cm³/mol. The summed E-state index contributed by atoms with van der Waals surface area (Å²) in [6.07, 6.45) is 5.92. The van der Waals surface area contributed by atoms with E-state index in [1.54, 1.807) is 6.33 Å². The lowest BCUT2D eigenvalue weighted by Gasteiger charge is -2.26. The van der Waals surface area contributed by atoms with Gasteiger partial charge in [0.05, 0.1) is 0 Å². The van der Waals surface area contributed by atoms with E-state index in [9.17, 15) is 0 Å². The van der Waals surface area contributed by atoms with Crippen LogP contribution in [0.2, 0.25) is 0 Å². The molecule has 2 aromatic rings. The highest BCUT2D eigenvalue weighted by molar-refractivity contribution is 5.70. The Balaban J connectivity index is 2.12. The Morgan fingerprint density at radius 3 is 2.90 bits per heavy atom. The van der Waals surface area contributed by atoms with E-state index >= 15 is 0 Å². The Morgan fingerprint density at radius 2 is 2.10 bits per heavy atom. The minimum atomic E-state index is 0.712. The van der Waals surface area contributed by atoms with Gasteiger partial charge in [-0.3, -0.25) is 0 Å². The van der Waals surface area contributed by atoms with E-state index < -0.39 is 0 Å². The van der Waals surface area contributed by atoms with Gasteiger partial charge in [-0.05, 0) is 37.3 Å². The van der Waals surface area contributed by atoms with E-state index in [4.69, 9.17) is 5.84 Å². The third kappa shape index (κ3) is 2.56. The van der Waals surface area contributed by atoms with Crippen molar-refractivity contribution in [2.24, 2.45) is 5.84 Å². The van der Waals surface area contributed by atoms with E-state index in [0.29, 0.717) is 5.82 Å². The van der Waals surface area contributed by atoms with Crippen LogP contribution in [0.5, 0.6) is 0 Å². The lowest BCUT2D eigenvalue weighted by Crippen LogP contribution is -2.22. The van der Waals surface area contributed by atoms with Crippen LogP contribution in [0.15, 0.2) is 30.6 Å². The molecule has 0 atom stereocenters. The smallest absolute Gasteiger partial charge is 0.148 e. The maximum absolute atomic E-state index is 5.59. The minimum absolute atomic E-state index is 0.712. The second-order valence-electron chi connectivity index (χ2n) is 5.26. The molecule has 0 saturated carbocycles. The monoisotopic (exact) mass is 283 g/mol. The molecule has 1 aromatic carbocycles. The van der Waals surface area contributed by atoms with Crippen LogP contribution in [0, 0.1) is 0 Å². The Labute approximate surface area is 125 Å². The second-order valence-corrected chi connectivity index (χ2v) is 5.26. The number of hydrogen-bond acceptors (Lipinski definition) is 5. The fourth-order valence-corrected chi connectivity index (χ4v) is 3.00. The van der Waals surface area contributed by atoms with Crippen LogP contribution in [0.4, 0.5) is 17.3 Å². The van der Waals surface area contributed by atoms with Gasteiger partial charge in [-0.1, -0.05) is 25.1 Å². The highest BCUT2D eigenvalue weighted by Crippen LogP contribution is 2.34. The van der Waals surface area contributed by atoms with E-state index in [-0.39, 0.29) is 0 Å². The third-order valence-electron chi connectivity index (χ3n) is 4.03.